The third-order valence-corrected chi connectivity index (χ3v) is 3.81. The van der Waals surface area contributed by atoms with Crippen molar-refractivity contribution in [3.05, 3.63) is 35.4 Å². The summed E-state index contributed by atoms with van der Waals surface area (Å²) < 4.78 is 5.22. The summed E-state index contributed by atoms with van der Waals surface area (Å²) >= 11 is 0. The molecule has 0 aliphatic heterocycles. The van der Waals surface area contributed by atoms with Gasteiger partial charge in [-0.3, -0.25) is 14.9 Å². The van der Waals surface area contributed by atoms with Crippen LogP contribution < -0.4 is 11.1 Å². The quantitative estimate of drug-likeness (QED) is 0.772. The number of carbonyl (C=O) groups is 3. The van der Waals surface area contributed by atoms with Crippen molar-refractivity contribution >= 4 is 17.9 Å². The van der Waals surface area contributed by atoms with Crippen LogP contribution >= 0.6 is 0 Å². The summed E-state index contributed by atoms with van der Waals surface area (Å²) in [6.45, 7) is 9.88. The SMILES string of the molecule is CC(C)[C@H](OC(=O)CCc1ccc(C(C)(C)C)cc1)C(=O)NC(N)=O. The number of imide groups is 1. The van der Waals surface area contributed by atoms with Crippen molar-refractivity contribution in [3.8, 4) is 0 Å². The standard InChI is InChI=1S/C19H28N2O4/c1-12(2)16(17(23)21-18(20)24)25-15(22)11-8-13-6-9-14(10-7-13)19(3,4)5/h6-7,9-10,12,16H,8,11H2,1-5H3,(H3,20,21,23,24)/t16-/m0/s1. The Hall–Kier alpha value is -2.37. The lowest BCUT2D eigenvalue weighted by Crippen LogP contribution is -2.45. The van der Waals surface area contributed by atoms with Gasteiger partial charge in [0.2, 0.25) is 0 Å². The number of carbonyl (C=O) groups excluding carboxylic acids is 3. The molecule has 3 amide bonds. The minimum absolute atomic E-state index is 0.0791. The van der Waals surface area contributed by atoms with Crippen LogP contribution in [0.25, 0.3) is 0 Å². The minimum atomic E-state index is -1.04. The van der Waals surface area contributed by atoms with E-state index >= 15 is 0 Å². The van der Waals surface area contributed by atoms with Gasteiger partial charge in [-0.25, -0.2) is 4.79 Å². The van der Waals surface area contributed by atoms with E-state index in [1.54, 1.807) is 13.8 Å². The zero-order chi connectivity index (χ0) is 19.2. The molecule has 0 aliphatic rings. The monoisotopic (exact) mass is 348 g/mol. The Balaban J connectivity index is 2.60. The zero-order valence-electron chi connectivity index (χ0n) is 15.6. The molecule has 1 atom stereocenters. The van der Waals surface area contributed by atoms with E-state index in [2.05, 4.69) is 32.9 Å². The molecular formula is C19H28N2O4. The summed E-state index contributed by atoms with van der Waals surface area (Å²) in [5, 5.41) is 1.95. The van der Waals surface area contributed by atoms with Crippen LogP contribution in [0.2, 0.25) is 0 Å². The third kappa shape index (κ3) is 6.95. The second-order valence-corrected chi connectivity index (χ2v) is 7.45. The van der Waals surface area contributed by atoms with E-state index in [1.165, 1.54) is 5.56 Å². The fourth-order valence-electron chi connectivity index (χ4n) is 2.30. The molecule has 6 nitrogen and oxygen atoms in total. The van der Waals surface area contributed by atoms with Gasteiger partial charge in [0.1, 0.15) is 0 Å². The van der Waals surface area contributed by atoms with Gasteiger partial charge in [-0.1, -0.05) is 58.9 Å². The van der Waals surface area contributed by atoms with Gasteiger partial charge in [-0.2, -0.15) is 0 Å². The van der Waals surface area contributed by atoms with E-state index in [0.717, 1.165) is 5.56 Å². The Labute approximate surface area is 149 Å². The summed E-state index contributed by atoms with van der Waals surface area (Å²) in [5.74, 6) is -1.46. The average Bonchev–Trinajstić information content (AvgIpc) is 2.49. The van der Waals surface area contributed by atoms with Gasteiger partial charge < -0.3 is 10.5 Å². The number of ether oxygens (including phenoxy) is 1. The molecule has 1 aromatic rings. The van der Waals surface area contributed by atoms with Gasteiger partial charge in [0.25, 0.3) is 5.91 Å². The van der Waals surface area contributed by atoms with Crippen molar-refractivity contribution in [1.82, 2.24) is 5.32 Å². The summed E-state index contributed by atoms with van der Waals surface area (Å²) in [4.78, 5) is 34.7. The van der Waals surface area contributed by atoms with Crippen LogP contribution in [0.5, 0.6) is 0 Å². The number of benzene rings is 1. The molecule has 0 aromatic heterocycles. The van der Waals surface area contributed by atoms with Gasteiger partial charge in [0.15, 0.2) is 6.10 Å². The Morgan fingerprint density at radius 2 is 1.68 bits per heavy atom. The number of urea groups is 1. The maximum atomic E-state index is 12.0. The topological polar surface area (TPSA) is 98.5 Å². The molecule has 0 unspecified atom stereocenters. The van der Waals surface area contributed by atoms with Crippen LogP contribution in [0.4, 0.5) is 4.79 Å². The summed E-state index contributed by atoms with van der Waals surface area (Å²) in [7, 11) is 0. The van der Waals surface area contributed by atoms with E-state index in [-0.39, 0.29) is 17.8 Å². The molecule has 138 valence electrons. The van der Waals surface area contributed by atoms with Crippen LogP contribution in [-0.4, -0.2) is 24.0 Å². The van der Waals surface area contributed by atoms with Crippen molar-refractivity contribution in [2.24, 2.45) is 11.7 Å². The first-order valence-corrected chi connectivity index (χ1v) is 8.40. The van der Waals surface area contributed by atoms with E-state index in [0.29, 0.717) is 6.42 Å². The number of amides is 3. The molecule has 0 saturated heterocycles. The van der Waals surface area contributed by atoms with Gasteiger partial charge in [0.05, 0.1) is 0 Å². The number of primary amides is 1. The maximum Gasteiger partial charge on any atom is 0.318 e. The first-order chi connectivity index (χ1) is 11.5. The molecule has 0 heterocycles. The van der Waals surface area contributed by atoms with Gasteiger partial charge >= 0.3 is 12.0 Å². The normalized spacial score (nSPS) is 12.6. The van der Waals surface area contributed by atoms with Crippen LogP contribution in [-0.2, 0) is 26.2 Å². The molecule has 6 heteroatoms. The highest BCUT2D eigenvalue weighted by atomic mass is 16.5. The maximum absolute atomic E-state index is 12.0. The fraction of sp³-hybridized carbons (Fsp3) is 0.526. The Kier molecular flexibility index (Phi) is 7.15. The summed E-state index contributed by atoms with van der Waals surface area (Å²) in [5.41, 5.74) is 7.25. The van der Waals surface area contributed by atoms with Gasteiger partial charge in [-0.05, 0) is 28.9 Å². The van der Waals surface area contributed by atoms with Gasteiger partial charge in [0, 0.05) is 6.42 Å². The number of nitrogens with two attached hydrogens (primary N) is 1. The molecule has 1 aromatic carbocycles. The minimum Gasteiger partial charge on any atom is -0.452 e. The van der Waals surface area contributed by atoms with Crippen molar-refractivity contribution in [3.63, 3.8) is 0 Å². The molecule has 0 fully saturated rings. The van der Waals surface area contributed by atoms with E-state index in [4.69, 9.17) is 10.5 Å². The molecular weight excluding hydrogens is 320 g/mol. The lowest BCUT2D eigenvalue weighted by Gasteiger charge is -2.20. The van der Waals surface area contributed by atoms with Crippen LogP contribution in [0.1, 0.15) is 52.2 Å². The summed E-state index contributed by atoms with van der Waals surface area (Å²) in [6.07, 6.45) is -0.365. The molecule has 0 spiro atoms. The second-order valence-electron chi connectivity index (χ2n) is 7.45. The smallest absolute Gasteiger partial charge is 0.318 e. The van der Waals surface area contributed by atoms with E-state index < -0.39 is 24.0 Å². The second kappa shape index (κ2) is 8.65. The molecule has 0 saturated carbocycles. The highest BCUT2D eigenvalue weighted by molar-refractivity contribution is 5.96. The largest absolute Gasteiger partial charge is 0.452 e. The zero-order valence-corrected chi connectivity index (χ0v) is 15.6. The number of hydrogen-bond donors (Lipinski definition) is 2. The lowest BCUT2D eigenvalue weighted by molar-refractivity contribution is -0.158. The number of esters is 1. The number of aryl methyl sites for hydroxylation is 1. The Morgan fingerprint density at radius 1 is 1.12 bits per heavy atom. The molecule has 1 rings (SSSR count). The first kappa shape index (κ1) is 20.7. The lowest BCUT2D eigenvalue weighted by atomic mass is 9.86. The molecule has 25 heavy (non-hydrogen) atoms. The third-order valence-electron chi connectivity index (χ3n) is 3.81. The molecule has 3 N–H and O–H groups in total. The Bertz CT molecular complexity index is 615. The predicted octanol–water partition coefficient (Wildman–Crippen LogP) is 2.68. The highest BCUT2D eigenvalue weighted by Crippen LogP contribution is 2.22. The van der Waals surface area contributed by atoms with Gasteiger partial charge in [-0.15, -0.1) is 0 Å². The van der Waals surface area contributed by atoms with E-state index in [9.17, 15) is 14.4 Å². The van der Waals surface area contributed by atoms with Crippen LogP contribution in [0.3, 0.4) is 0 Å². The number of hydrogen-bond acceptors (Lipinski definition) is 4. The van der Waals surface area contributed by atoms with Crippen molar-refractivity contribution < 1.29 is 19.1 Å². The van der Waals surface area contributed by atoms with Crippen molar-refractivity contribution in [2.75, 3.05) is 0 Å². The van der Waals surface area contributed by atoms with Crippen LogP contribution in [0, 0.1) is 5.92 Å². The summed E-state index contributed by atoms with van der Waals surface area (Å²) in [6, 6.07) is 7.13. The number of nitrogens with one attached hydrogen (secondary N) is 1. The fourth-order valence-corrected chi connectivity index (χ4v) is 2.30. The molecule has 0 bridgehead atoms. The first-order valence-electron chi connectivity index (χ1n) is 8.40. The van der Waals surface area contributed by atoms with E-state index in [1.807, 2.05) is 17.4 Å². The van der Waals surface area contributed by atoms with Crippen molar-refractivity contribution in [2.45, 2.75) is 59.0 Å². The molecule has 0 radical (unpaired) electrons. The average molecular weight is 348 g/mol. The highest BCUT2D eigenvalue weighted by Gasteiger charge is 2.27. The predicted molar refractivity (Wildman–Crippen MR) is 95.9 cm³/mol. The van der Waals surface area contributed by atoms with Crippen LogP contribution in [0.15, 0.2) is 24.3 Å². The Morgan fingerprint density at radius 3 is 2.12 bits per heavy atom. The van der Waals surface area contributed by atoms with Crippen molar-refractivity contribution in [1.29, 1.82) is 0 Å². The molecule has 0 aliphatic carbocycles. The number of rotatable bonds is 6.